The van der Waals surface area contributed by atoms with E-state index in [4.69, 9.17) is 0 Å². The van der Waals surface area contributed by atoms with Crippen LogP contribution in [0.2, 0.25) is 0 Å². The smallest absolute Gasteiger partial charge is 0.229 e. The van der Waals surface area contributed by atoms with Crippen LogP contribution < -0.4 is 5.32 Å². The minimum Gasteiger partial charge on any atom is -0.343 e. The number of rotatable bonds is 3. The van der Waals surface area contributed by atoms with Crippen molar-refractivity contribution >= 4 is 17.7 Å². The van der Waals surface area contributed by atoms with Gasteiger partial charge in [0.2, 0.25) is 17.7 Å². The lowest BCUT2D eigenvalue weighted by Crippen LogP contribution is -2.37. The lowest BCUT2D eigenvalue weighted by molar-refractivity contribution is -0.139. The van der Waals surface area contributed by atoms with Gasteiger partial charge in [0.05, 0.1) is 0 Å². The molecule has 3 amide bonds. The highest BCUT2D eigenvalue weighted by molar-refractivity contribution is 6.02. The number of likely N-dealkylation sites (tertiary alicyclic amines) is 2. The number of hydrogen-bond acceptors (Lipinski definition) is 4. The molecule has 0 aromatic heterocycles. The molecule has 0 bridgehead atoms. The molecule has 3 aliphatic rings. The Morgan fingerprint density at radius 2 is 1.62 bits per heavy atom. The third-order valence-electron chi connectivity index (χ3n) is 5.08. The van der Waals surface area contributed by atoms with Gasteiger partial charge in [-0.15, -0.1) is 0 Å². The van der Waals surface area contributed by atoms with E-state index in [9.17, 15) is 14.4 Å². The number of carbonyl (C=O) groups is 3. The monoisotopic (exact) mass is 293 g/mol. The van der Waals surface area contributed by atoms with Gasteiger partial charge in [-0.2, -0.15) is 0 Å². The molecule has 3 rings (SSSR count). The minimum absolute atomic E-state index is 0.0791. The van der Waals surface area contributed by atoms with Gasteiger partial charge in [-0.1, -0.05) is 0 Å². The highest BCUT2D eigenvalue weighted by Gasteiger charge is 2.32. The van der Waals surface area contributed by atoms with Gasteiger partial charge in [0.1, 0.15) is 0 Å². The topological polar surface area (TPSA) is 69.7 Å². The molecule has 3 fully saturated rings. The first-order valence-electron chi connectivity index (χ1n) is 7.97. The van der Waals surface area contributed by atoms with Gasteiger partial charge in [0, 0.05) is 38.9 Å². The summed E-state index contributed by atoms with van der Waals surface area (Å²) < 4.78 is 0. The van der Waals surface area contributed by atoms with E-state index in [0.717, 1.165) is 39.0 Å². The molecule has 3 saturated heterocycles. The quantitative estimate of drug-likeness (QED) is 0.743. The Bertz CT molecular complexity index is 421. The van der Waals surface area contributed by atoms with Crippen molar-refractivity contribution in [1.82, 2.24) is 15.1 Å². The number of nitrogens with zero attached hydrogens (tertiary/aromatic N) is 2. The standard InChI is InChI=1S/C15H23N3O3/c19-13(5-8-18-14(20)1-2-15(18)21)17-6-3-11-9-16-10-12(11)4-7-17/h11-12,16H,1-10H2/t11-,12+. The molecule has 6 nitrogen and oxygen atoms in total. The first kappa shape index (κ1) is 14.5. The van der Waals surface area contributed by atoms with Gasteiger partial charge >= 0.3 is 0 Å². The van der Waals surface area contributed by atoms with Crippen LogP contribution >= 0.6 is 0 Å². The predicted molar refractivity (Wildman–Crippen MR) is 76.2 cm³/mol. The molecular weight excluding hydrogens is 270 g/mol. The van der Waals surface area contributed by atoms with Crippen LogP contribution in [-0.4, -0.2) is 60.2 Å². The van der Waals surface area contributed by atoms with Gasteiger partial charge in [-0.25, -0.2) is 0 Å². The fourth-order valence-electron chi connectivity index (χ4n) is 3.71. The van der Waals surface area contributed by atoms with Crippen molar-refractivity contribution in [3.63, 3.8) is 0 Å². The molecule has 116 valence electrons. The molecule has 0 radical (unpaired) electrons. The normalized spacial score (nSPS) is 29.7. The molecule has 2 atom stereocenters. The summed E-state index contributed by atoms with van der Waals surface area (Å²) in [4.78, 5) is 38.5. The van der Waals surface area contributed by atoms with Crippen LogP contribution in [0, 0.1) is 11.8 Å². The molecule has 0 saturated carbocycles. The lowest BCUT2D eigenvalue weighted by atomic mass is 9.92. The number of imide groups is 1. The van der Waals surface area contributed by atoms with E-state index in [2.05, 4.69) is 5.32 Å². The molecule has 6 heteroatoms. The summed E-state index contributed by atoms with van der Waals surface area (Å²) in [6, 6.07) is 0. The molecule has 0 spiro atoms. The summed E-state index contributed by atoms with van der Waals surface area (Å²) >= 11 is 0. The van der Waals surface area contributed by atoms with Crippen molar-refractivity contribution in [3.8, 4) is 0 Å². The van der Waals surface area contributed by atoms with Gasteiger partial charge in [-0.3, -0.25) is 19.3 Å². The zero-order valence-electron chi connectivity index (χ0n) is 12.3. The molecule has 21 heavy (non-hydrogen) atoms. The van der Waals surface area contributed by atoms with E-state index in [1.807, 2.05) is 4.90 Å². The van der Waals surface area contributed by atoms with E-state index >= 15 is 0 Å². The van der Waals surface area contributed by atoms with Crippen molar-refractivity contribution in [3.05, 3.63) is 0 Å². The van der Waals surface area contributed by atoms with Gasteiger partial charge < -0.3 is 10.2 Å². The summed E-state index contributed by atoms with van der Waals surface area (Å²) in [5, 5.41) is 3.42. The first-order chi connectivity index (χ1) is 10.1. The summed E-state index contributed by atoms with van der Waals surface area (Å²) in [6.45, 7) is 4.02. The third kappa shape index (κ3) is 3.10. The molecular formula is C15H23N3O3. The van der Waals surface area contributed by atoms with Gasteiger partial charge in [0.15, 0.2) is 0 Å². The Morgan fingerprint density at radius 1 is 1.05 bits per heavy atom. The molecule has 0 aliphatic carbocycles. The summed E-state index contributed by atoms with van der Waals surface area (Å²) in [5.74, 6) is 1.21. The highest BCUT2D eigenvalue weighted by atomic mass is 16.2. The average molecular weight is 293 g/mol. The van der Waals surface area contributed by atoms with E-state index in [1.165, 1.54) is 4.90 Å². The third-order valence-corrected chi connectivity index (χ3v) is 5.08. The van der Waals surface area contributed by atoms with Crippen molar-refractivity contribution in [1.29, 1.82) is 0 Å². The van der Waals surface area contributed by atoms with Gasteiger partial charge in [-0.05, 0) is 37.8 Å². The predicted octanol–water partition coefficient (Wildman–Crippen LogP) is -0.0165. The van der Waals surface area contributed by atoms with Crippen LogP contribution in [0.15, 0.2) is 0 Å². The fourth-order valence-corrected chi connectivity index (χ4v) is 3.71. The molecule has 1 N–H and O–H groups in total. The minimum atomic E-state index is -0.135. The summed E-state index contributed by atoms with van der Waals surface area (Å²) in [7, 11) is 0. The number of amides is 3. The van der Waals surface area contributed by atoms with Crippen molar-refractivity contribution in [2.75, 3.05) is 32.7 Å². The molecule has 3 aliphatic heterocycles. The average Bonchev–Trinajstić information content (AvgIpc) is 2.98. The fraction of sp³-hybridized carbons (Fsp3) is 0.800. The Labute approximate surface area is 124 Å². The van der Waals surface area contributed by atoms with Crippen LogP contribution in [0.5, 0.6) is 0 Å². The maximum Gasteiger partial charge on any atom is 0.229 e. The second kappa shape index (κ2) is 6.13. The van der Waals surface area contributed by atoms with E-state index in [1.54, 1.807) is 0 Å². The van der Waals surface area contributed by atoms with Crippen molar-refractivity contribution < 1.29 is 14.4 Å². The Balaban J connectivity index is 1.49. The summed E-state index contributed by atoms with van der Waals surface area (Å²) in [5.41, 5.74) is 0. The molecule has 0 unspecified atom stereocenters. The maximum absolute atomic E-state index is 12.3. The van der Waals surface area contributed by atoms with E-state index in [0.29, 0.717) is 24.7 Å². The molecule has 3 heterocycles. The van der Waals surface area contributed by atoms with Gasteiger partial charge in [0.25, 0.3) is 0 Å². The zero-order valence-corrected chi connectivity index (χ0v) is 12.3. The second-order valence-electron chi connectivity index (χ2n) is 6.33. The van der Waals surface area contributed by atoms with Crippen molar-refractivity contribution in [2.45, 2.75) is 32.1 Å². The number of carbonyl (C=O) groups excluding carboxylic acids is 3. The highest BCUT2D eigenvalue weighted by Crippen LogP contribution is 2.27. The van der Waals surface area contributed by atoms with E-state index < -0.39 is 0 Å². The number of fused-ring (bicyclic) bond motifs is 1. The van der Waals surface area contributed by atoms with Crippen LogP contribution in [0.3, 0.4) is 0 Å². The maximum atomic E-state index is 12.3. The Morgan fingerprint density at radius 3 is 2.19 bits per heavy atom. The van der Waals surface area contributed by atoms with Crippen molar-refractivity contribution in [2.24, 2.45) is 11.8 Å². The Hall–Kier alpha value is -1.43. The lowest BCUT2D eigenvalue weighted by Gasteiger charge is -2.22. The van der Waals surface area contributed by atoms with Crippen LogP contribution in [0.25, 0.3) is 0 Å². The van der Waals surface area contributed by atoms with E-state index in [-0.39, 0.29) is 30.7 Å². The first-order valence-corrected chi connectivity index (χ1v) is 7.97. The second-order valence-corrected chi connectivity index (χ2v) is 6.33. The Kier molecular flexibility index (Phi) is 4.24. The number of hydrogen-bond donors (Lipinski definition) is 1. The van der Waals surface area contributed by atoms with Crippen LogP contribution in [0.4, 0.5) is 0 Å². The SMILES string of the molecule is O=C(CCN1C(=O)CCC1=O)N1CC[C@@H]2CNC[C@@H]2CC1. The zero-order chi connectivity index (χ0) is 14.8. The molecule has 0 aromatic carbocycles. The number of nitrogens with one attached hydrogen (secondary N) is 1. The van der Waals surface area contributed by atoms with Crippen LogP contribution in [0.1, 0.15) is 32.1 Å². The molecule has 0 aromatic rings. The summed E-state index contributed by atoms with van der Waals surface area (Å²) in [6.07, 6.45) is 2.99. The largest absolute Gasteiger partial charge is 0.343 e. The van der Waals surface area contributed by atoms with Crippen LogP contribution in [-0.2, 0) is 14.4 Å².